The topological polar surface area (TPSA) is 108 Å². The van der Waals surface area contributed by atoms with Crippen LogP contribution in [-0.4, -0.2) is 64.2 Å². The van der Waals surface area contributed by atoms with Gasteiger partial charge < -0.3 is 25.4 Å². The maximum Gasteiger partial charge on any atom is 0.246 e. The van der Waals surface area contributed by atoms with Crippen LogP contribution in [0, 0.1) is 11.8 Å². The van der Waals surface area contributed by atoms with Gasteiger partial charge in [-0.3, -0.25) is 14.4 Å². The molecule has 0 aliphatic carbocycles. The number of likely N-dealkylation sites (tertiary alicyclic amines) is 1. The van der Waals surface area contributed by atoms with Crippen molar-refractivity contribution >= 4 is 23.4 Å². The van der Waals surface area contributed by atoms with Gasteiger partial charge in [0.05, 0.1) is 17.4 Å². The summed E-state index contributed by atoms with van der Waals surface area (Å²) in [5.41, 5.74) is -1.18. The second-order valence-electron chi connectivity index (χ2n) is 9.35. The second-order valence-corrected chi connectivity index (χ2v) is 9.35. The van der Waals surface area contributed by atoms with Crippen molar-refractivity contribution in [3.8, 4) is 0 Å². The molecule has 8 nitrogen and oxygen atoms in total. The molecule has 31 heavy (non-hydrogen) atoms. The Morgan fingerprint density at radius 3 is 2.58 bits per heavy atom. The molecule has 168 valence electrons. The van der Waals surface area contributed by atoms with E-state index in [4.69, 9.17) is 4.74 Å². The van der Waals surface area contributed by atoms with Crippen molar-refractivity contribution in [2.75, 3.05) is 18.5 Å². The lowest BCUT2D eigenvalue weighted by molar-refractivity contribution is -0.145. The molecule has 3 amide bonds. The fraction of sp³-hybridized carbons (Fsp3) is 0.609. The molecule has 3 saturated heterocycles. The van der Waals surface area contributed by atoms with Crippen LogP contribution in [0.15, 0.2) is 30.3 Å². The number of carbonyl (C=O) groups is 3. The second kappa shape index (κ2) is 7.91. The molecule has 8 heteroatoms. The number of ether oxygens (including phenoxy) is 1. The van der Waals surface area contributed by atoms with Gasteiger partial charge in [0.2, 0.25) is 17.7 Å². The Labute approximate surface area is 182 Å². The quantitative estimate of drug-likeness (QED) is 0.606. The van der Waals surface area contributed by atoms with Crippen LogP contribution in [0.25, 0.3) is 0 Å². The van der Waals surface area contributed by atoms with Crippen LogP contribution in [-0.2, 0) is 19.1 Å². The van der Waals surface area contributed by atoms with E-state index >= 15 is 0 Å². The number of benzene rings is 1. The maximum absolute atomic E-state index is 13.6. The number of aliphatic hydroxyl groups excluding tert-OH is 1. The van der Waals surface area contributed by atoms with Gasteiger partial charge >= 0.3 is 0 Å². The number of rotatable bonds is 7. The van der Waals surface area contributed by atoms with Crippen LogP contribution in [0.5, 0.6) is 0 Å². The van der Waals surface area contributed by atoms with Crippen LogP contribution in [0.3, 0.4) is 0 Å². The van der Waals surface area contributed by atoms with Gasteiger partial charge in [0, 0.05) is 24.9 Å². The van der Waals surface area contributed by atoms with Crippen molar-refractivity contribution in [1.82, 2.24) is 10.2 Å². The van der Waals surface area contributed by atoms with Gasteiger partial charge in [0.1, 0.15) is 11.6 Å². The molecular formula is C23H31N3O5. The highest BCUT2D eigenvalue weighted by molar-refractivity contribution is 6.02. The van der Waals surface area contributed by atoms with E-state index in [0.29, 0.717) is 24.9 Å². The normalized spacial score (nSPS) is 33.6. The van der Waals surface area contributed by atoms with Gasteiger partial charge in [-0.05, 0) is 52.2 Å². The van der Waals surface area contributed by atoms with E-state index in [1.54, 1.807) is 12.1 Å². The third-order valence-electron chi connectivity index (χ3n) is 6.84. The molecule has 3 aliphatic heterocycles. The van der Waals surface area contributed by atoms with Gasteiger partial charge in [0.15, 0.2) is 0 Å². The predicted molar refractivity (Wildman–Crippen MR) is 114 cm³/mol. The first kappa shape index (κ1) is 21.8. The lowest BCUT2D eigenvalue weighted by Crippen LogP contribution is -2.56. The number of nitrogens with zero attached hydrogens (tertiary/aromatic N) is 1. The molecule has 0 aromatic heterocycles. The highest BCUT2D eigenvalue weighted by Crippen LogP contribution is 2.63. The first-order valence-corrected chi connectivity index (χ1v) is 11.0. The minimum Gasteiger partial charge on any atom is -0.396 e. The van der Waals surface area contributed by atoms with Gasteiger partial charge in [-0.1, -0.05) is 18.2 Å². The summed E-state index contributed by atoms with van der Waals surface area (Å²) in [4.78, 5) is 41.7. The van der Waals surface area contributed by atoms with E-state index in [0.717, 1.165) is 0 Å². The molecule has 1 spiro atoms. The zero-order valence-electron chi connectivity index (χ0n) is 18.3. The molecule has 0 radical (unpaired) electrons. The van der Waals surface area contributed by atoms with Gasteiger partial charge in [-0.25, -0.2) is 0 Å². The van der Waals surface area contributed by atoms with Crippen molar-refractivity contribution in [3.05, 3.63) is 30.3 Å². The number of amides is 3. The van der Waals surface area contributed by atoms with Crippen molar-refractivity contribution in [1.29, 1.82) is 0 Å². The molecule has 3 aliphatic rings. The van der Waals surface area contributed by atoms with Crippen LogP contribution >= 0.6 is 0 Å². The number of hydrogen-bond donors (Lipinski definition) is 3. The first-order valence-electron chi connectivity index (χ1n) is 11.0. The number of carbonyl (C=O) groups excluding carboxylic acids is 3. The van der Waals surface area contributed by atoms with Gasteiger partial charge in [-0.15, -0.1) is 0 Å². The number of para-hydroxylation sites is 1. The largest absolute Gasteiger partial charge is 0.396 e. The fourth-order valence-corrected chi connectivity index (χ4v) is 5.71. The molecule has 3 heterocycles. The molecule has 5 atom stereocenters. The van der Waals surface area contributed by atoms with E-state index in [1.807, 2.05) is 39.0 Å². The number of nitrogens with one attached hydrogen (secondary N) is 2. The summed E-state index contributed by atoms with van der Waals surface area (Å²) < 4.78 is 6.49. The molecule has 0 saturated carbocycles. The minimum absolute atomic E-state index is 0.0868. The van der Waals surface area contributed by atoms with Crippen LogP contribution < -0.4 is 10.6 Å². The summed E-state index contributed by atoms with van der Waals surface area (Å²) in [7, 11) is 0. The fourth-order valence-electron chi connectivity index (χ4n) is 5.71. The summed E-state index contributed by atoms with van der Waals surface area (Å²) >= 11 is 0. The van der Waals surface area contributed by atoms with Crippen molar-refractivity contribution in [3.63, 3.8) is 0 Å². The van der Waals surface area contributed by atoms with Crippen molar-refractivity contribution in [2.45, 2.75) is 63.3 Å². The Balaban J connectivity index is 1.70. The standard InChI is InChI=1S/C23H31N3O5/c1-14(2)24-20(29)18-23-11-10-22(3,31-23)16(17(23)21(30)26(18)12-7-13-27)19(28)25-15-8-5-4-6-9-15/h4-6,8-9,14,16-18,27H,7,10-13H2,1-3H3,(H,24,29)(H,25,28)/t16-,17-,18?,22+,23?/m0/s1. The Bertz CT molecular complexity index is 875. The lowest BCUT2D eigenvalue weighted by Gasteiger charge is -2.33. The monoisotopic (exact) mass is 429 g/mol. The van der Waals surface area contributed by atoms with Gasteiger partial charge in [0.25, 0.3) is 0 Å². The third-order valence-corrected chi connectivity index (χ3v) is 6.84. The number of anilines is 1. The maximum atomic E-state index is 13.6. The summed E-state index contributed by atoms with van der Waals surface area (Å²) in [6.07, 6.45) is 1.50. The molecule has 2 bridgehead atoms. The summed E-state index contributed by atoms with van der Waals surface area (Å²) in [5, 5.41) is 15.2. The Morgan fingerprint density at radius 2 is 1.94 bits per heavy atom. The number of hydrogen-bond acceptors (Lipinski definition) is 5. The van der Waals surface area contributed by atoms with E-state index in [2.05, 4.69) is 10.6 Å². The summed E-state index contributed by atoms with van der Waals surface area (Å²) in [6, 6.07) is 8.23. The Hall–Kier alpha value is -2.45. The van der Waals surface area contributed by atoms with Gasteiger partial charge in [-0.2, -0.15) is 0 Å². The summed E-state index contributed by atoms with van der Waals surface area (Å²) in [5.74, 6) is -2.19. The SMILES string of the molecule is CC(C)NC(=O)C1N(CCCO)C(=O)[C@@H]2[C@@H](C(=O)Nc3ccccc3)[C@@]3(C)CCC12O3. The Kier molecular flexibility index (Phi) is 5.55. The molecule has 2 unspecified atom stereocenters. The van der Waals surface area contributed by atoms with E-state index < -0.39 is 29.1 Å². The zero-order valence-corrected chi connectivity index (χ0v) is 18.3. The average molecular weight is 430 g/mol. The molecule has 1 aromatic carbocycles. The van der Waals surface area contributed by atoms with Crippen molar-refractivity contribution in [2.24, 2.45) is 11.8 Å². The first-order chi connectivity index (χ1) is 14.7. The highest BCUT2D eigenvalue weighted by Gasteiger charge is 2.77. The molecule has 4 rings (SSSR count). The lowest BCUT2D eigenvalue weighted by atomic mass is 9.66. The average Bonchev–Trinajstić information content (AvgIpc) is 3.27. The van der Waals surface area contributed by atoms with E-state index in [9.17, 15) is 19.5 Å². The van der Waals surface area contributed by atoms with Crippen LogP contribution in [0.2, 0.25) is 0 Å². The smallest absolute Gasteiger partial charge is 0.246 e. The zero-order chi connectivity index (χ0) is 22.4. The number of aliphatic hydroxyl groups is 1. The third kappa shape index (κ3) is 3.42. The van der Waals surface area contributed by atoms with Crippen molar-refractivity contribution < 1.29 is 24.2 Å². The molecule has 1 aromatic rings. The molecule has 3 N–H and O–H groups in total. The predicted octanol–water partition coefficient (Wildman–Crippen LogP) is 1.30. The van der Waals surface area contributed by atoms with Crippen LogP contribution in [0.4, 0.5) is 5.69 Å². The van der Waals surface area contributed by atoms with E-state index in [1.165, 1.54) is 4.90 Å². The molecule has 3 fully saturated rings. The molecular weight excluding hydrogens is 398 g/mol. The van der Waals surface area contributed by atoms with E-state index in [-0.39, 0.29) is 36.9 Å². The van der Waals surface area contributed by atoms with Crippen LogP contribution in [0.1, 0.15) is 40.0 Å². The Morgan fingerprint density at radius 1 is 1.23 bits per heavy atom. The number of fused-ring (bicyclic) bond motifs is 1. The minimum atomic E-state index is -1.03. The summed E-state index contributed by atoms with van der Waals surface area (Å²) in [6.45, 7) is 5.77. The highest BCUT2D eigenvalue weighted by atomic mass is 16.5.